The second-order valence-corrected chi connectivity index (χ2v) is 3.72. The van der Waals surface area contributed by atoms with Crippen LogP contribution in [0.4, 0.5) is 4.79 Å². The molecule has 0 saturated heterocycles. The van der Waals surface area contributed by atoms with Crippen LogP contribution in [0.2, 0.25) is 0 Å². The lowest BCUT2D eigenvalue weighted by Gasteiger charge is -2.15. The topological polar surface area (TPSA) is 55.4 Å². The Morgan fingerprint density at radius 3 is 2.26 bits per heavy atom. The zero-order valence-corrected chi connectivity index (χ0v) is 12.1. The third-order valence-corrected chi connectivity index (χ3v) is 2.34. The molecule has 0 aliphatic rings. The summed E-state index contributed by atoms with van der Waals surface area (Å²) >= 11 is 0. The first-order valence-electron chi connectivity index (χ1n) is 6.61. The van der Waals surface area contributed by atoms with Crippen LogP contribution in [0.1, 0.15) is 33.3 Å². The maximum absolute atomic E-state index is 11.4. The first-order chi connectivity index (χ1) is 9.13. The van der Waals surface area contributed by atoms with E-state index < -0.39 is 12.1 Å². The Morgan fingerprint density at radius 1 is 1.21 bits per heavy atom. The van der Waals surface area contributed by atoms with Gasteiger partial charge in [0.15, 0.2) is 5.78 Å². The van der Waals surface area contributed by atoms with Crippen LogP contribution in [-0.4, -0.2) is 24.5 Å². The molecule has 0 aromatic heterocycles. The number of Topliss-reactive ketones (excluding diaryl/α,β-unsaturated/α-hetero) is 1. The highest BCUT2D eigenvalue weighted by Crippen LogP contribution is 2.04. The van der Waals surface area contributed by atoms with E-state index in [-0.39, 0.29) is 5.78 Å². The van der Waals surface area contributed by atoms with Gasteiger partial charge in [0.2, 0.25) is 0 Å². The van der Waals surface area contributed by atoms with Gasteiger partial charge >= 0.3 is 6.09 Å². The largest absolute Gasteiger partial charge is 0.450 e. The van der Waals surface area contributed by atoms with Crippen LogP contribution in [0, 0.1) is 0 Å². The first kappa shape index (κ1) is 17.2. The Bertz CT molecular complexity index is 376. The van der Waals surface area contributed by atoms with Crippen LogP contribution >= 0.6 is 0 Å². The van der Waals surface area contributed by atoms with E-state index in [2.05, 4.69) is 5.32 Å². The van der Waals surface area contributed by atoms with Crippen molar-refractivity contribution in [2.45, 2.75) is 40.2 Å². The molecule has 1 aromatic carbocycles. The minimum absolute atomic E-state index is 0.0816. The number of benzene rings is 1. The molecule has 1 aromatic rings. The Kier molecular flexibility index (Phi) is 9.14. The van der Waals surface area contributed by atoms with E-state index in [9.17, 15) is 9.59 Å². The van der Waals surface area contributed by atoms with Gasteiger partial charge in [0, 0.05) is 0 Å². The number of amides is 1. The van der Waals surface area contributed by atoms with Crippen LogP contribution in [0.15, 0.2) is 30.3 Å². The van der Waals surface area contributed by atoms with Crippen molar-refractivity contribution in [3.8, 4) is 0 Å². The van der Waals surface area contributed by atoms with Crippen molar-refractivity contribution in [2.24, 2.45) is 0 Å². The molecule has 1 amide bonds. The second kappa shape index (κ2) is 10.1. The smallest absolute Gasteiger partial charge is 0.407 e. The predicted molar refractivity (Wildman–Crippen MR) is 76.1 cm³/mol. The number of rotatable bonds is 5. The maximum Gasteiger partial charge on any atom is 0.407 e. The molecule has 0 aliphatic carbocycles. The van der Waals surface area contributed by atoms with Gasteiger partial charge in [-0.2, -0.15) is 0 Å². The molecule has 106 valence electrons. The van der Waals surface area contributed by atoms with E-state index in [0.29, 0.717) is 13.0 Å². The van der Waals surface area contributed by atoms with Crippen molar-refractivity contribution < 1.29 is 14.3 Å². The molecule has 0 radical (unpaired) electrons. The number of ether oxygens (including phenoxy) is 1. The molecule has 19 heavy (non-hydrogen) atoms. The number of nitrogens with one attached hydrogen (secondary N) is 1. The average Bonchev–Trinajstić information content (AvgIpc) is 2.41. The third-order valence-electron chi connectivity index (χ3n) is 2.34. The highest BCUT2D eigenvalue weighted by Gasteiger charge is 2.17. The number of ketones is 1. The van der Waals surface area contributed by atoms with Gasteiger partial charge in [-0.05, 0) is 25.8 Å². The summed E-state index contributed by atoms with van der Waals surface area (Å²) in [5, 5.41) is 2.56. The van der Waals surface area contributed by atoms with Gasteiger partial charge in [0.1, 0.15) is 0 Å². The van der Waals surface area contributed by atoms with E-state index in [1.807, 2.05) is 44.2 Å². The molecule has 0 heterocycles. The van der Waals surface area contributed by atoms with Gasteiger partial charge < -0.3 is 10.1 Å². The fourth-order valence-electron chi connectivity index (χ4n) is 1.46. The highest BCUT2D eigenvalue weighted by molar-refractivity contribution is 5.85. The van der Waals surface area contributed by atoms with Crippen molar-refractivity contribution in [2.75, 3.05) is 6.61 Å². The normalized spacial score (nSPS) is 10.7. The summed E-state index contributed by atoms with van der Waals surface area (Å²) in [6.07, 6.45) is -0.0711. The lowest BCUT2D eigenvalue weighted by Crippen LogP contribution is -2.41. The second-order valence-electron chi connectivity index (χ2n) is 3.72. The van der Waals surface area contributed by atoms with Crippen molar-refractivity contribution in [1.29, 1.82) is 0 Å². The minimum Gasteiger partial charge on any atom is -0.450 e. The quantitative estimate of drug-likeness (QED) is 0.890. The molecular formula is C15H23NO3. The average molecular weight is 265 g/mol. The monoisotopic (exact) mass is 265 g/mol. The summed E-state index contributed by atoms with van der Waals surface area (Å²) in [4.78, 5) is 22.7. The van der Waals surface area contributed by atoms with Gasteiger partial charge in [-0.15, -0.1) is 0 Å². The zero-order chi connectivity index (χ0) is 14.7. The van der Waals surface area contributed by atoms with Crippen LogP contribution in [-0.2, 0) is 16.0 Å². The number of hydrogen-bond acceptors (Lipinski definition) is 3. The minimum atomic E-state index is -0.552. The van der Waals surface area contributed by atoms with Crippen molar-refractivity contribution in [3.05, 3.63) is 35.9 Å². The van der Waals surface area contributed by atoms with Crippen molar-refractivity contribution in [1.82, 2.24) is 5.32 Å². The number of hydrogen-bond donors (Lipinski definition) is 1. The van der Waals surface area contributed by atoms with Gasteiger partial charge in [-0.3, -0.25) is 4.79 Å². The van der Waals surface area contributed by atoms with Crippen LogP contribution < -0.4 is 5.32 Å². The van der Waals surface area contributed by atoms with Gasteiger partial charge in [0.25, 0.3) is 0 Å². The van der Waals surface area contributed by atoms with Gasteiger partial charge in [-0.25, -0.2) is 4.79 Å². The van der Waals surface area contributed by atoms with Gasteiger partial charge in [-0.1, -0.05) is 44.2 Å². The first-order valence-corrected chi connectivity index (χ1v) is 6.61. The number of alkyl carbamates (subject to hydrolysis) is 1. The summed E-state index contributed by atoms with van der Waals surface area (Å²) in [5.41, 5.74) is 1.00. The van der Waals surface area contributed by atoms with Crippen molar-refractivity contribution in [3.63, 3.8) is 0 Å². The molecule has 0 fully saturated rings. The summed E-state index contributed by atoms with van der Waals surface area (Å²) in [6.45, 7) is 7.47. The summed E-state index contributed by atoms with van der Waals surface area (Å²) in [5.74, 6) is -0.0816. The molecule has 0 saturated carbocycles. The molecule has 0 bridgehead atoms. The summed E-state index contributed by atoms with van der Waals surface area (Å²) in [6, 6.07) is 9.01. The molecular weight excluding hydrogens is 242 g/mol. The summed E-state index contributed by atoms with van der Waals surface area (Å²) < 4.78 is 4.76. The fourth-order valence-corrected chi connectivity index (χ4v) is 1.46. The molecule has 0 aliphatic heterocycles. The van der Waals surface area contributed by atoms with Crippen LogP contribution in [0.3, 0.4) is 0 Å². The fraction of sp³-hybridized carbons (Fsp3) is 0.467. The number of carbonyl (C=O) groups excluding carboxylic acids is 2. The van der Waals surface area contributed by atoms with Crippen LogP contribution in [0.5, 0.6) is 0 Å². The Morgan fingerprint density at radius 2 is 1.79 bits per heavy atom. The van der Waals surface area contributed by atoms with Crippen LogP contribution in [0.25, 0.3) is 0 Å². The molecule has 0 spiro atoms. The zero-order valence-electron chi connectivity index (χ0n) is 12.1. The molecule has 1 N–H and O–H groups in total. The van der Waals surface area contributed by atoms with E-state index >= 15 is 0 Å². The predicted octanol–water partition coefficient (Wildman–Crippen LogP) is 2.96. The van der Waals surface area contributed by atoms with E-state index in [4.69, 9.17) is 4.74 Å². The lowest BCUT2D eigenvalue weighted by atomic mass is 10.0. The van der Waals surface area contributed by atoms with Crippen molar-refractivity contribution >= 4 is 11.9 Å². The standard InChI is InChI=1S/C13H17NO3.C2H6/c1-3-17-13(16)14-12(10(2)15)9-11-7-5-4-6-8-11;1-2/h4-8,12H,3,9H2,1-2H3,(H,14,16);1-2H3. The van der Waals surface area contributed by atoms with E-state index in [1.165, 1.54) is 6.92 Å². The van der Waals surface area contributed by atoms with Gasteiger partial charge in [0.05, 0.1) is 12.6 Å². The lowest BCUT2D eigenvalue weighted by molar-refractivity contribution is -0.118. The Labute approximate surface area is 115 Å². The molecule has 1 unspecified atom stereocenters. The molecule has 4 nitrogen and oxygen atoms in total. The van der Waals surface area contributed by atoms with E-state index in [0.717, 1.165) is 5.56 Å². The Hall–Kier alpha value is -1.84. The molecule has 4 heteroatoms. The Balaban J connectivity index is 0.00000154. The van der Waals surface area contributed by atoms with E-state index in [1.54, 1.807) is 6.92 Å². The number of carbonyl (C=O) groups is 2. The SMILES string of the molecule is CC.CCOC(=O)NC(Cc1ccccc1)C(C)=O. The third kappa shape index (κ3) is 7.24. The molecule has 1 atom stereocenters. The highest BCUT2D eigenvalue weighted by atomic mass is 16.5. The maximum atomic E-state index is 11.4. The summed E-state index contributed by atoms with van der Waals surface area (Å²) in [7, 11) is 0. The molecule has 1 rings (SSSR count).